The molecule has 1 aromatic heterocycles. The number of aryl methyl sites for hydroxylation is 1. The number of carbonyl (C=O) groups excluding carboxylic acids is 4. The van der Waals surface area contributed by atoms with Crippen LogP contribution in [0.3, 0.4) is 0 Å². The van der Waals surface area contributed by atoms with Gasteiger partial charge in [-0.3, -0.25) is 14.4 Å². The molecule has 0 spiro atoms. The number of ether oxygens (including phenoxy) is 1. The first kappa shape index (κ1) is 36.2. The maximum atomic E-state index is 14.2. The average Bonchev–Trinajstić information content (AvgIpc) is 3.51. The summed E-state index contributed by atoms with van der Waals surface area (Å²) in [4.78, 5) is 55.0. The number of para-hydroxylation sites is 1. The number of aromatic nitrogens is 1. The molecule has 53 heavy (non-hydrogen) atoms. The predicted octanol–water partition coefficient (Wildman–Crippen LogP) is 5.81. The highest BCUT2D eigenvalue weighted by atomic mass is 19.1. The van der Waals surface area contributed by atoms with Gasteiger partial charge in [0, 0.05) is 36.1 Å². The van der Waals surface area contributed by atoms with Gasteiger partial charge in [0.2, 0.25) is 11.8 Å². The number of nitrogens with zero attached hydrogens (tertiary/aromatic N) is 1. The van der Waals surface area contributed by atoms with Crippen LogP contribution >= 0.6 is 0 Å². The Labute approximate surface area is 306 Å². The van der Waals surface area contributed by atoms with Gasteiger partial charge in [-0.15, -0.1) is 0 Å². The van der Waals surface area contributed by atoms with Gasteiger partial charge in [-0.25, -0.2) is 9.18 Å². The van der Waals surface area contributed by atoms with Crippen molar-refractivity contribution in [3.63, 3.8) is 0 Å². The second-order valence-electron chi connectivity index (χ2n) is 12.7. The van der Waals surface area contributed by atoms with Crippen molar-refractivity contribution < 1.29 is 28.3 Å². The molecule has 0 radical (unpaired) electrons. The first-order valence-electron chi connectivity index (χ1n) is 17.1. The number of halogens is 1. The molecule has 0 aliphatic rings. The standard InChI is InChI=1S/C43H39FN4O5/c1-48-28-30(35-20-12-13-21-38(35)48)26-36(45-40(50)29-22-24-34(44)25-23-29)41(51)46-37(42(52)53-2)27-39(49)47-43(31-14-6-3-7-15-31,32-16-8-4-9-17-32)33-18-10-5-11-19-33/h3-25,28,36-37H,26-27H2,1-2H3,(H,45,50)(H,46,51)(H,47,49)/t36-,37?/m0/s1. The van der Waals surface area contributed by atoms with E-state index in [9.17, 15) is 23.6 Å². The third-order valence-corrected chi connectivity index (χ3v) is 9.27. The van der Waals surface area contributed by atoms with Gasteiger partial charge in [0.15, 0.2) is 0 Å². The van der Waals surface area contributed by atoms with Gasteiger partial charge in [-0.2, -0.15) is 0 Å². The van der Waals surface area contributed by atoms with Crippen LogP contribution in [0.2, 0.25) is 0 Å². The van der Waals surface area contributed by atoms with Gasteiger partial charge >= 0.3 is 5.97 Å². The first-order valence-corrected chi connectivity index (χ1v) is 17.1. The summed E-state index contributed by atoms with van der Waals surface area (Å²) in [7, 11) is 3.05. The lowest BCUT2D eigenvalue weighted by Crippen LogP contribution is -2.55. The van der Waals surface area contributed by atoms with Crippen LogP contribution < -0.4 is 16.0 Å². The van der Waals surface area contributed by atoms with E-state index in [1.165, 1.54) is 19.2 Å². The molecule has 9 nitrogen and oxygen atoms in total. The lowest BCUT2D eigenvalue weighted by molar-refractivity contribution is -0.147. The Hall–Kier alpha value is -6.55. The number of nitrogens with one attached hydrogen (secondary N) is 3. The Morgan fingerprint density at radius 3 is 1.77 bits per heavy atom. The minimum Gasteiger partial charge on any atom is -0.467 e. The van der Waals surface area contributed by atoms with E-state index in [2.05, 4.69) is 16.0 Å². The first-order chi connectivity index (χ1) is 25.7. The zero-order chi connectivity index (χ0) is 37.4. The number of methoxy groups -OCH3 is 1. The van der Waals surface area contributed by atoms with Crippen molar-refractivity contribution in [2.75, 3.05) is 7.11 Å². The van der Waals surface area contributed by atoms with Gasteiger partial charge in [0.25, 0.3) is 5.91 Å². The molecule has 3 N–H and O–H groups in total. The van der Waals surface area contributed by atoms with Crippen LogP contribution in [-0.4, -0.2) is 47.5 Å². The molecule has 10 heteroatoms. The molecule has 6 rings (SSSR count). The molecule has 0 saturated heterocycles. The Balaban J connectivity index is 1.31. The van der Waals surface area contributed by atoms with E-state index in [0.29, 0.717) is 0 Å². The molecule has 0 saturated carbocycles. The lowest BCUT2D eigenvalue weighted by atomic mass is 9.77. The monoisotopic (exact) mass is 710 g/mol. The second-order valence-corrected chi connectivity index (χ2v) is 12.7. The molecule has 3 amide bonds. The third kappa shape index (κ3) is 8.02. The van der Waals surface area contributed by atoms with Crippen LogP contribution in [0.5, 0.6) is 0 Å². The summed E-state index contributed by atoms with van der Waals surface area (Å²) >= 11 is 0. The van der Waals surface area contributed by atoms with Crippen LogP contribution in [0, 0.1) is 5.82 Å². The topological polar surface area (TPSA) is 119 Å². The number of hydrogen-bond donors (Lipinski definition) is 3. The maximum Gasteiger partial charge on any atom is 0.328 e. The average molecular weight is 711 g/mol. The highest BCUT2D eigenvalue weighted by Crippen LogP contribution is 2.37. The van der Waals surface area contributed by atoms with Crippen LogP contribution in [-0.2, 0) is 38.1 Å². The van der Waals surface area contributed by atoms with E-state index in [1.54, 1.807) is 0 Å². The molecule has 0 fully saturated rings. The number of esters is 1. The summed E-state index contributed by atoms with van der Waals surface area (Å²) in [6.07, 6.45) is 1.45. The summed E-state index contributed by atoms with van der Waals surface area (Å²) in [5.74, 6) is -3.22. The van der Waals surface area contributed by atoms with Crippen LogP contribution in [0.25, 0.3) is 10.9 Å². The molecular weight excluding hydrogens is 671 g/mol. The Morgan fingerprint density at radius 2 is 1.23 bits per heavy atom. The second kappa shape index (κ2) is 16.2. The van der Waals surface area contributed by atoms with Crippen molar-refractivity contribution >= 4 is 34.6 Å². The van der Waals surface area contributed by atoms with Crippen molar-refractivity contribution in [1.29, 1.82) is 0 Å². The predicted molar refractivity (Wildman–Crippen MR) is 200 cm³/mol. The molecule has 1 heterocycles. The zero-order valence-corrected chi connectivity index (χ0v) is 29.3. The molecule has 1 unspecified atom stereocenters. The van der Waals surface area contributed by atoms with Gasteiger partial charge in [0.1, 0.15) is 23.4 Å². The quantitative estimate of drug-likeness (QED) is 0.103. The number of hydrogen-bond acceptors (Lipinski definition) is 5. The van der Waals surface area contributed by atoms with E-state index >= 15 is 0 Å². The summed E-state index contributed by atoms with van der Waals surface area (Å²) < 4.78 is 20.6. The number of carbonyl (C=O) groups is 4. The Bertz CT molecular complexity index is 2110. The molecule has 0 aliphatic heterocycles. The number of benzene rings is 5. The molecular formula is C43H39FN4O5. The van der Waals surface area contributed by atoms with Gasteiger partial charge in [-0.05, 0) is 52.6 Å². The number of amides is 3. The lowest BCUT2D eigenvalue weighted by Gasteiger charge is -2.37. The SMILES string of the molecule is COC(=O)C(CC(=O)NC(c1ccccc1)(c1ccccc1)c1ccccc1)NC(=O)[C@H](Cc1cn(C)c2ccccc12)NC(=O)c1ccc(F)cc1. The van der Waals surface area contributed by atoms with E-state index in [0.717, 1.165) is 45.3 Å². The van der Waals surface area contributed by atoms with E-state index in [-0.39, 0.29) is 12.0 Å². The maximum absolute atomic E-state index is 14.2. The summed E-state index contributed by atoms with van der Waals surface area (Å²) in [6.45, 7) is 0. The van der Waals surface area contributed by atoms with Crippen molar-refractivity contribution in [1.82, 2.24) is 20.5 Å². The third-order valence-electron chi connectivity index (χ3n) is 9.27. The number of fused-ring (bicyclic) bond motifs is 1. The van der Waals surface area contributed by atoms with Crippen LogP contribution in [0.4, 0.5) is 4.39 Å². The summed E-state index contributed by atoms with van der Waals surface area (Å²) in [5.41, 5.74) is 3.02. The smallest absolute Gasteiger partial charge is 0.328 e. The largest absolute Gasteiger partial charge is 0.467 e. The van der Waals surface area contributed by atoms with Crippen LogP contribution in [0.15, 0.2) is 146 Å². The Morgan fingerprint density at radius 1 is 0.698 bits per heavy atom. The molecule has 0 bridgehead atoms. The van der Waals surface area contributed by atoms with E-state index in [1.807, 2.05) is 133 Å². The van der Waals surface area contributed by atoms with E-state index < -0.39 is 53.6 Å². The molecule has 0 aliphatic carbocycles. The fraction of sp³-hybridized carbons (Fsp3) is 0.163. The fourth-order valence-electron chi connectivity index (χ4n) is 6.69. The van der Waals surface area contributed by atoms with Crippen LogP contribution in [0.1, 0.15) is 39.0 Å². The minimum absolute atomic E-state index is 0.0549. The molecule has 268 valence electrons. The van der Waals surface area contributed by atoms with Crippen molar-refractivity contribution in [2.24, 2.45) is 7.05 Å². The normalized spacial score (nSPS) is 12.4. The molecule has 5 aromatic carbocycles. The molecule has 2 atom stereocenters. The van der Waals surface area contributed by atoms with Crippen molar-refractivity contribution in [2.45, 2.75) is 30.5 Å². The highest BCUT2D eigenvalue weighted by molar-refractivity contribution is 5.99. The van der Waals surface area contributed by atoms with Crippen molar-refractivity contribution in [3.8, 4) is 0 Å². The van der Waals surface area contributed by atoms with E-state index in [4.69, 9.17) is 4.74 Å². The van der Waals surface area contributed by atoms with Crippen molar-refractivity contribution in [3.05, 3.63) is 179 Å². The molecule has 6 aromatic rings. The van der Waals surface area contributed by atoms with Gasteiger partial charge in [0.05, 0.1) is 13.5 Å². The Kier molecular flexibility index (Phi) is 11.1. The minimum atomic E-state index is -1.41. The highest BCUT2D eigenvalue weighted by Gasteiger charge is 2.39. The number of rotatable bonds is 13. The van der Waals surface area contributed by atoms with Gasteiger partial charge < -0.3 is 25.3 Å². The summed E-state index contributed by atoms with van der Waals surface area (Å²) in [6, 6.07) is 38.5. The summed E-state index contributed by atoms with van der Waals surface area (Å²) in [5, 5.41) is 9.54. The fourth-order valence-corrected chi connectivity index (χ4v) is 6.69. The van der Waals surface area contributed by atoms with Gasteiger partial charge in [-0.1, -0.05) is 109 Å². The zero-order valence-electron chi connectivity index (χ0n) is 29.3.